The van der Waals surface area contributed by atoms with Gasteiger partial charge >= 0.3 is 0 Å². The fourth-order valence-electron chi connectivity index (χ4n) is 2.50. The second-order valence-electron chi connectivity index (χ2n) is 5.73. The third-order valence-corrected chi connectivity index (χ3v) is 5.16. The van der Waals surface area contributed by atoms with E-state index in [0.29, 0.717) is 32.8 Å². The molecule has 0 bridgehead atoms. The number of hydrogen-bond acceptors (Lipinski definition) is 4. The van der Waals surface area contributed by atoms with Crippen LogP contribution in [0.4, 0.5) is 5.69 Å². The summed E-state index contributed by atoms with van der Waals surface area (Å²) in [5.74, 6) is 0.0969. The lowest BCUT2D eigenvalue weighted by molar-refractivity contribution is 0.102. The fourth-order valence-corrected chi connectivity index (χ4v) is 3.23. The Kier molecular flexibility index (Phi) is 4.79. The zero-order valence-electron chi connectivity index (χ0n) is 13.4. The van der Waals surface area contributed by atoms with E-state index in [-0.39, 0.29) is 5.91 Å². The number of hydrogen-bond donors (Lipinski definition) is 1. The molecule has 1 aromatic carbocycles. The number of amides is 1. The molecule has 0 spiro atoms. The van der Waals surface area contributed by atoms with Crippen LogP contribution in [0.2, 0.25) is 5.02 Å². The minimum absolute atomic E-state index is 0.309. The third-order valence-electron chi connectivity index (χ3n) is 4.07. The Balaban J connectivity index is 2.01. The molecule has 1 saturated carbocycles. The number of rotatable bonds is 4. The van der Waals surface area contributed by atoms with Gasteiger partial charge in [0.15, 0.2) is 0 Å². The van der Waals surface area contributed by atoms with Crippen molar-refractivity contribution in [3.63, 3.8) is 0 Å². The average Bonchev–Trinajstić information content (AvgIpc) is 3.42. The van der Waals surface area contributed by atoms with Crippen molar-refractivity contribution in [1.82, 2.24) is 4.98 Å². The lowest BCUT2D eigenvalue weighted by atomic mass is 10.1. The molecule has 0 aliphatic heterocycles. The van der Waals surface area contributed by atoms with Crippen LogP contribution in [-0.2, 0) is 0 Å². The van der Waals surface area contributed by atoms with Crippen molar-refractivity contribution in [2.24, 2.45) is 0 Å². The van der Waals surface area contributed by atoms with Crippen molar-refractivity contribution < 1.29 is 4.79 Å². The van der Waals surface area contributed by atoms with Crippen molar-refractivity contribution in [2.45, 2.75) is 30.7 Å². The number of nitriles is 1. The van der Waals surface area contributed by atoms with Gasteiger partial charge in [-0.3, -0.25) is 4.79 Å². The Morgan fingerprint density at radius 1 is 1.46 bits per heavy atom. The molecular weight excluding hydrogens is 342 g/mol. The van der Waals surface area contributed by atoms with E-state index in [1.165, 1.54) is 11.8 Å². The molecule has 1 N–H and O–H groups in total. The zero-order chi connectivity index (χ0) is 17.3. The Morgan fingerprint density at radius 2 is 2.21 bits per heavy atom. The second kappa shape index (κ2) is 6.84. The molecule has 0 radical (unpaired) electrons. The maximum Gasteiger partial charge on any atom is 0.257 e. The van der Waals surface area contributed by atoms with Crippen LogP contribution in [0.1, 0.15) is 45.9 Å². The van der Waals surface area contributed by atoms with Crippen LogP contribution in [0.3, 0.4) is 0 Å². The highest BCUT2D eigenvalue weighted by Gasteiger charge is 2.28. The van der Waals surface area contributed by atoms with Crippen LogP contribution >= 0.6 is 23.4 Å². The summed E-state index contributed by atoms with van der Waals surface area (Å²) in [6.07, 6.45) is 4.03. The summed E-state index contributed by atoms with van der Waals surface area (Å²) in [5, 5.41) is 13.5. The van der Waals surface area contributed by atoms with Gasteiger partial charge in [0.25, 0.3) is 5.91 Å². The number of thioether (sulfide) groups is 1. The minimum Gasteiger partial charge on any atom is -0.322 e. The standard InChI is InChI=1S/C18H16ClN3OS/c1-10-14(19)4-3-5-15(10)21-17(23)12-8-16(11-6-7-11)22-18(24-2)13(12)9-20/h3-5,8,11H,6-7H2,1-2H3,(H,21,23). The first-order valence-electron chi connectivity index (χ1n) is 7.60. The number of nitrogens with one attached hydrogen (secondary N) is 1. The van der Waals surface area contributed by atoms with E-state index in [1.807, 2.05) is 13.2 Å². The molecule has 1 aromatic heterocycles. The smallest absolute Gasteiger partial charge is 0.257 e. The number of anilines is 1. The van der Waals surface area contributed by atoms with Crippen LogP contribution in [0.15, 0.2) is 29.3 Å². The predicted octanol–water partition coefficient (Wildman–Crippen LogP) is 4.77. The molecule has 0 unspecified atom stereocenters. The van der Waals surface area contributed by atoms with Crippen LogP contribution in [0, 0.1) is 18.3 Å². The summed E-state index contributed by atoms with van der Waals surface area (Å²) in [6.45, 7) is 1.85. The van der Waals surface area contributed by atoms with Crippen molar-refractivity contribution in [1.29, 1.82) is 5.26 Å². The van der Waals surface area contributed by atoms with Gasteiger partial charge in [0, 0.05) is 22.3 Å². The predicted molar refractivity (Wildman–Crippen MR) is 96.9 cm³/mol. The molecule has 24 heavy (non-hydrogen) atoms. The first kappa shape index (κ1) is 16.8. The molecule has 6 heteroatoms. The van der Waals surface area contributed by atoms with E-state index in [4.69, 9.17) is 11.6 Å². The number of halogens is 1. The summed E-state index contributed by atoms with van der Waals surface area (Å²) >= 11 is 7.50. The number of nitrogens with zero attached hydrogens (tertiary/aromatic N) is 2. The highest BCUT2D eigenvalue weighted by Crippen LogP contribution is 2.40. The van der Waals surface area contributed by atoms with Gasteiger partial charge in [-0.05, 0) is 49.8 Å². The van der Waals surface area contributed by atoms with E-state index in [9.17, 15) is 10.1 Å². The molecule has 122 valence electrons. The Morgan fingerprint density at radius 3 is 2.83 bits per heavy atom. The summed E-state index contributed by atoms with van der Waals surface area (Å²) < 4.78 is 0. The first-order chi connectivity index (χ1) is 11.5. The summed E-state index contributed by atoms with van der Waals surface area (Å²) in [4.78, 5) is 17.3. The Bertz CT molecular complexity index is 856. The Labute approximate surface area is 150 Å². The van der Waals surface area contributed by atoms with Crippen molar-refractivity contribution in [3.8, 4) is 6.07 Å². The molecule has 1 fully saturated rings. The SMILES string of the molecule is CSc1nc(C2CC2)cc(C(=O)Nc2cccc(Cl)c2C)c1C#N. The van der Waals surface area contributed by atoms with Crippen LogP contribution < -0.4 is 5.32 Å². The molecule has 2 aromatic rings. The van der Waals surface area contributed by atoms with E-state index >= 15 is 0 Å². The molecule has 1 amide bonds. The van der Waals surface area contributed by atoms with Gasteiger partial charge in [-0.15, -0.1) is 11.8 Å². The maximum atomic E-state index is 12.8. The zero-order valence-corrected chi connectivity index (χ0v) is 15.0. The maximum absolute atomic E-state index is 12.8. The molecule has 1 heterocycles. The summed E-state index contributed by atoms with van der Waals surface area (Å²) in [7, 11) is 0. The molecule has 1 aliphatic rings. The molecule has 0 atom stereocenters. The highest BCUT2D eigenvalue weighted by atomic mass is 35.5. The van der Waals surface area contributed by atoms with Crippen LogP contribution in [0.5, 0.6) is 0 Å². The van der Waals surface area contributed by atoms with E-state index < -0.39 is 0 Å². The lowest BCUT2D eigenvalue weighted by Crippen LogP contribution is -2.16. The molecule has 3 rings (SSSR count). The van der Waals surface area contributed by atoms with E-state index in [1.54, 1.807) is 24.3 Å². The number of aromatic nitrogens is 1. The van der Waals surface area contributed by atoms with Gasteiger partial charge in [-0.2, -0.15) is 5.26 Å². The number of pyridine rings is 1. The van der Waals surface area contributed by atoms with Gasteiger partial charge in [-0.25, -0.2) is 4.98 Å². The third kappa shape index (κ3) is 3.26. The van der Waals surface area contributed by atoms with Gasteiger partial charge in [0.1, 0.15) is 11.1 Å². The number of benzene rings is 1. The number of carbonyl (C=O) groups excluding carboxylic acids is 1. The van der Waals surface area contributed by atoms with Gasteiger partial charge in [-0.1, -0.05) is 17.7 Å². The first-order valence-corrected chi connectivity index (χ1v) is 9.21. The summed E-state index contributed by atoms with van der Waals surface area (Å²) in [6, 6.07) is 9.23. The summed E-state index contributed by atoms with van der Waals surface area (Å²) in [5.41, 5.74) is 3.04. The van der Waals surface area contributed by atoms with E-state index in [2.05, 4.69) is 16.4 Å². The van der Waals surface area contributed by atoms with Gasteiger partial charge < -0.3 is 5.32 Å². The van der Waals surface area contributed by atoms with E-state index in [0.717, 1.165) is 24.1 Å². The molecular formula is C18H16ClN3OS. The monoisotopic (exact) mass is 357 g/mol. The van der Waals surface area contributed by atoms with Crippen molar-refractivity contribution in [2.75, 3.05) is 11.6 Å². The van der Waals surface area contributed by atoms with Crippen molar-refractivity contribution >= 4 is 35.0 Å². The molecule has 0 saturated heterocycles. The van der Waals surface area contributed by atoms with Gasteiger partial charge in [0.2, 0.25) is 0 Å². The molecule has 4 nitrogen and oxygen atoms in total. The van der Waals surface area contributed by atoms with Crippen LogP contribution in [0.25, 0.3) is 0 Å². The normalized spacial score (nSPS) is 13.4. The average molecular weight is 358 g/mol. The van der Waals surface area contributed by atoms with Gasteiger partial charge in [0.05, 0.1) is 11.1 Å². The van der Waals surface area contributed by atoms with Crippen LogP contribution in [-0.4, -0.2) is 17.1 Å². The fraction of sp³-hybridized carbons (Fsp3) is 0.278. The second-order valence-corrected chi connectivity index (χ2v) is 6.93. The quantitative estimate of drug-likeness (QED) is 0.800. The lowest BCUT2D eigenvalue weighted by Gasteiger charge is -2.13. The minimum atomic E-state index is -0.309. The largest absolute Gasteiger partial charge is 0.322 e. The number of carbonyl (C=O) groups is 1. The molecule has 1 aliphatic carbocycles. The Hall–Kier alpha value is -2.03. The highest BCUT2D eigenvalue weighted by molar-refractivity contribution is 7.98. The van der Waals surface area contributed by atoms with Crippen molar-refractivity contribution in [3.05, 3.63) is 51.7 Å². The topological polar surface area (TPSA) is 65.8 Å².